The van der Waals surface area contributed by atoms with Gasteiger partial charge in [-0.15, -0.1) is 0 Å². The molecular formula is C17H30O4. The average molecular weight is 298 g/mol. The molecule has 1 saturated carbocycles. The molecule has 2 atom stereocenters. The van der Waals surface area contributed by atoms with E-state index in [1.807, 2.05) is 34.6 Å². The summed E-state index contributed by atoms with van der Waals surface area (Å²) in [5, 5.41) is 0. The van der Waals surface area contributed by atoms with Gasteiger partial charge in [0.1, 0.15) is 12.2 Å². The molecule has 0 heterocycles. The van der Waals surface area contributed by atoms with Crippen LogP contribution >= 0.6 is 0 Å². The first-order valence-corrected chi connectivity index (χ1v) is 8.04. The van der Waals surface area contributed by atoms with Crippen molar-refractivity contribution in [3.8, 4) is 0 Å². The van der Waals surface area contributed by atoms with E-state index >= 15 is 0 Å². The summed E-state index contributed by atoms with van der Waals surface area (Å²) in [5.74, 6) is 0.0137. The second-order valence-corrected chi connectivity index (χ2v) is 7.73. The summed E-state index contributed by atoms with van der Waals surface area (Å²) in [5.41, 5.74) is -0.0606. The van der Waals surface area contributed by atoms with Crippen LogP contribution in [0.5, 0.6) is 0 Å². The van der Waals surface area contributed by atoms with Crippen molar-refractivity contribution in [2.24, 2.45) is 11.3 Å². The third kappa shape index (κ3) is 8.08. The molecule has 4 nitrogen and oxygen atoms in total. The van der Waals surface area contributed by atoms with Crippen molar-refractivity contribution in [3.63, 3.8) is 0 Å². The lowest BCUT2D eigenvalue weighted by atomic mass is 9.92. The maximum atomic E-state index is 11.9. The number of hydrogen-bond acceptors (Lipinski definition) is 4. The quantitative estimate of drug-likeness (QED) is 0.723. The maximum absolute atomic E-state index is 11.9. The number of carbonyl (C=O) groups excluding carboxylic acids is 2. The first kappa shape index (κ1) is 18.0. The van der Waals surface area contributed by atoms with Gasteiger partial charge in [0, 0.05) is 12.8 Å². The van der Waals surface area contributed by atoms with Gasteiger partial charge in [-0.05, 0) is 30.6 Å². The van der Waals surface area contributed by atoms with Gasteiger partial charge in [-0.2, -0.15) is 0 Å². The van der Waals surface area contributed by atoms with Crippen molar-refractivity contribution in [2.75, 3.05) is 0 Å². The molecule has 1 fully saturated rings. The monoisotopic (exact) mass is 298 g/mol. The zero-order valence-corrected chi connectivity index (χ0v) is 14.1. The van der Waals surface area contributed by atoms with Crippen LogP contribution in [-0.4, -0.2) is 24.1 Å². The summed E-state index contributed by atoms with van der Waals surface area (Å²) >= 11 is 0. The van der Waals surface area contributed by atoms with Crippen LogP contribution in [0.3, 0.4) is 0 Å². The van der Waals surface area contributed by atoms with Crippen LogP contribution in [0.1, 0.15) is 73.1 Å². The zero-order chi connectivity index (χ0) is 16.0. The van der Waals surface area contributed by atoms with Crippen LogP contribution < -0.4 is 0 Å². The molecule has 0 saturated heterocycles. The van der Waals surface area contributed by atoms with E-state index in [0.29, 0.717) is 25.2 Å². The van der Waals surface area contributed by atoms with Crippen LogP contribution in [0.15, 0.2) is 0 Å². The van der Waals surface area contributed by atoms with Crippen molar-refractivity contribution in [1.82, 2.24) is 0 Å². The van der Waals surface area contributed by atoms with Gasteiger partial charge in [0.15, 0.2) is 0 Å². The first-order chi connectivity index (χ1) is 9.65. The van der Waals surface area contributed by atoms with E-state index in [1.165, 1.54) is 0 Å². The van der Waals surface area contributed by atoms with Gasteiger partial charge in [-0.25, -0.2) is 0 Å². The molecule has 0 unspecified atom stereocenters. The Morgan fingerprint density at radius 1 is 1.05 bits per heavy atom. The third-order valence-electron chi connectivity index (χ3n) is 3.42. The van der Waals surface area contributed by atoms with Crippen molar-refractivity contribution in [3.05, 3.63) is 0 Å². The second kappa shape index (κ2) is 7.81. The summed E-state index contributed by atoms with van der Waals surface area (Å²) in [6.07, 6.45) is 3.98. The van der Waals surface area contributed by atoms with E-state index in [0.717, 1.165) is 19.3 Å². The molecule has 0 spiro atoms. The molecule has 1 rings (SSSR count). The molecule has 0 bridgehead atoms. The van der Waals surface area contributed by atoms with E-state index in [2.05, 4.69) is 0 Å². The summed E-state index contributed by atoms with van der Waals surface area (Å²) in [4.78, 5) is 23.6. The molecule has 1 aliphatic rings. The number of esters is 2. The Morgan fingerprint density at radius 2 is 1.57 bits per heavy atom. The van der Waals surface area contributed by atoms with Gasteiger partial charge in [-0.3, -0.25) is 9.59 Å². The molecule has 0 amide bonds. The molecule has 0 aliphatic heterocycles. The fourth-order valence-electron chi connectivity index (χ4n) is 2.54. The standard InChI is InChI=1S/C17H30O4/c1-12(2)9-15(18)20-13-7-6-8-14(10-13)21-16(19)11-17(3,4)5/h12-14H,6-11H2,1-5H3/t13-,14+/m0/s1. The number of carbonyl (C=O) groups is 2. The van der Waals surface area contributed by atoms with Crippen LogP contribution in [-0.2, 0) is 19.1 Å². The van der Waals surface area contributed by atoms with E-state index in [-0.39, 0.29) is 29.6 Å². The lowest BCUT2D eigenvalue weighted by Crippen LogP contribution is -2.32. The van der Waals surface area contributed by atoms with Crippen LogP contribution in [0.2, 0.25) is 0 Å². The molecule has 0 aromatic rings. The maximum Gasteiger partial charge on any atom is 0.306 e. The Kier molecular flexibility index (Phi) is 6.69. The van der Waals surface area contributed by atoms with Gasteiger partial charge in [0.2, 0.25) is 0 Å². The van der Waals surface area contributed by atoms with Crippen molar-refractivity contribution >= 4 is 11.9 Å². The third-order valence-corrected chi connectivity index (χ3v) is 3.42. The van der Waals surface area contributed by atoms with E-state index < -0.39 is 0 Å². The Labute approximate surface area is 128 Å². The molecule has 0 N–H and O–H groups in total. The smallest absolute Gasteiger partial charge is 0.306 e. The van der Waals surface area contributed by atoms with Gasteiger partial charge >= 0.3 is 11.9 Å². The number of ether oxygens (including phenoxy) is 2. The summed E-state index contributed by atoms with van der Waals surface area (Å²) < 4.78 is 11.0. The van der Waals surface area contributed by atoms with Crippen molar-refractivity contribution in [2.45, 2.75) is 85.4 Å². The summed E-state index contributed by atoms with van der Waals surface area (Å²) in [6, 6.07) is 0. The predicted molar refractivity (Wildman–Crippen MR) is 81.8 cm³/mol. The molecule has 122 valence electrons. The fourth-order valence-corrected chi connectivity index (χ4v) is 2.54. The molecule has 0 aromatic carbocycles. The molecule has 4 heteroatoms. The van der Waals surface area contributed by atoms with Crippen molar-refractivity contribution < 1.29 is 19.1 Å². The van der Waals surface area contributed by atoms with Crippen molar-refractivity contribution in [1.29, 1.82) is 0 Å². The van der Waals surface area contributed by atoms with Gasteiger partial charge in [-0.1, -0.05) is 34.6 Å². The highest BCUT2D eigenvalue weighted by Gasteiger charge is 2.28. The summed E-state index contributed by atoms with van der Waals surface area (Å²) in [6.45, 7) is 10.1. The van der Waals surface area contributed by atoms with Gasteiger partial charge < -0.3 is 9.47 Å². The van der Waals surface area contributed by atoms with E-state index in [1.54, 1.807) is 0 Å². The minimum atomic E-state index is -0.151. The minimum absolute atomic E-state index is 0.0606. The van der Waals surface area contributed by atoms with E-state index in [4.69, 9.17) is 9.47 Å². The molecule has 0 aromatic heterocycles. The Bertz CT molecular complexity index is 354. The number of hydrogen-bond donors (Lipinski definition) is 0. The highest BCUT2D eigenvalue weighted by Crippen LogP contribution is 2.26. The topological polar surface area (TPSA) is 52.6 Å². The van der Waals surface area contributed by atoms with Gasteiger partial charge in [0.25, 0.3) is 0 Å². The molecule has 0 radical (unpaired) electrons. The second-order valence-electron chi connectivity index (χ2n) is 7.73. The average Bonchev–Trinajstić information content (AvgIpc) is 2.24. The zero-order valence-electron chi connectivity index (χ0n) is 14.1. The molecule has 21 heavy (non-hydrogen) atoms. The first-order valence-electron chi connectivity index (χ1n) is 8.04. The lowest BCUT2D eigenvalue weighted by molar-refractivity contribution is -0.160. The largest absolute Gasteiger partial charge is 0.462 e. The van der Waals surface area contributed by atoms with Crippen LogP contribution in [0.4, 0.5) is 0 Å². The Balaban J connectivity index is 2.38. The minimum Gasteiger partial charge on any atom is -0.462 e. The lowest BCUT2D eigenvalue weighted by Gasteiger charge is -2.29. The van der Waals surface area contributed by atoms with Gasteiger partial charge in [0.05, 0.1) is 6.42 Å². The molecule has 1 aliphatic carbocycles. The van der Waals surface area contributed by atoms with Crippen LogP contribution in [0.25, 0.3) is 0 Å². The SMILES string of the molecule is CC(C)CC(=O)O[C@H]1CCC[C@@H](OC(=O)CC(C)(C)C)C1. The number of rotatable bonds is 5. The Morgan fingerprint density at radius 3 is 2.05 bits per heavy atom. The highest BCUT2D eigenvalue weighted by atomic mass is 16.6. The molecular weight excluding hydrogens is 268 g/mol. The van der Waals surface area contributed by atoms with E-state index in [9.17, 15) is 9.59 Å². The normalized spacial score (nSPS) is 23.0. The predicted octanol–water partition coefficient (Wildman–Crippen LogP) is 3.87. The highest BCUT2D eigenvalue weighted by molar-refractivity contribution is 5.70. The fraction of sp³-hybridized carbons (Fsp3) is 0.882. The van der Waals surface area contributed by atoms with Crippen LogP contribution in [0, 0.1) is 11.3 Å². The summed E-state index contributed by atoms with van der Waals surface area (Å²) in [7, 11) is 0. The Hall–Kier alpha value is -1.06.